The lowest BCUT2D eigenvalue weighted by molar-refractivity contribution is -0.143. The lowest BCUT2D eigenvalue weighted by atomic mass is 10.1. The first-order valence-electron chi connectivity index (χ1n) is 7.02. The molecule has 0 aromatic rings. The van der Waals surface area contributed by atoms with Gasteiger partial charge in [0.1, 0.15) is 0 Å². The average molecular weight is 321 g/mol. The van der Waals surface area contributed by atoms with Crippen LogP contribution in [-0.2, 0) is 29.1 Å². The number of nitrogens with one attached hydrogen (secondary N) is 1. The first kappa shape index (κ1) is 17.9. The summed E-state index contributed by atoms with van der Waals surface area (Å²) < 4.78 is 35.7. The van der Waals surface area contributed by atoms with Crippen LogP contribution in [0.4, 0.5) is 0 Å². The van der Waals surface area contributed by atoms with Crippen LogP contribution in [0.2, 0.25) is 0 Å². The highest BCUT2D eigenvalue weighted by Gasteiger charge is 2.47. The van der Waals surface area contributed by atoms with E-state index in [-0.39, 0.29) is 37.1 Å². The molecule has 0 aromatic carbocycles. The van der Waals surface area contributed by atoms with E-state index in [1.54, 1.807) is 6.92 Å². The van der Waals surface area contributed by atoms with Crippen molar-refractivity contribution in [1.82, 2.24) is 4.72 Å². The van der Waals surface area contributed by atoms with Crippen molar-refractivity contribution in [3.05, 3.63) is 0 Å². The molecule has 0 aromatic heterocycles. The predicted molar refractivity (Wildman–Crippen MR) is 76.0 cm³/mol. The molecule has 1 N–H and O–H groups in total. The molecule has 1 saturated carbocycles. The third-order valence-corrected chi connectivity index (χ3v) is 5.02. The molecule has 0 bridgehead atoms. The zero-order chi connectivity index (χ0) is 15.9. The Balaban J connectivity index is 2.31. The fourth-order valence-electron chi connectivity index (χ4n) is 2.07. The Morgan fingerprint density at radius 3 is 2.43 bits per heavy atom. The van der Waals surface area contributed by atoms with Crippen LogP contribution in [-0.4, -0.2) is 46.4 Å². The van der Waals surface area contributed by atoms with Crippen LogP contribution in [0.5, 0.6) is 0 Å². The van der Waals surface area contributed by atoms with Gasteiger partial charge >= 0.3 is 11.9 Å². The summed E-state index contributed by atoms with van der Waals surface area (Å²) >= 11 is 0. The van der Waals surface area contributed by atoms with Gasteiger partial charge in [-0.2, -0.15) is 0 Å². The minimum Gasteiger partial charge on any atom is -0.469 e. The van der Waals surface area contributed by atoms with E-state index in [0.717, 1.165) is 0 Å². The molecule has 1 aliphatic carbocycles. The quantitative estimate of drug-likeness (QED) is 0.467. The number of ether oxygens (including phenoxy) is 2. The second-order valence-corrected chi connectivity index (χ2v) is 7.12. The molecule has 0 aliphatic heterocycles. The highest BCUT2D eigenvalue weighted by molar-refractivity contribution is 7.89. The molecular formula is C13H23NO6S. The monoisotopic (exact) mass is 321 g/mol. The molecule has 21 heavy (non-hydrogen) atoms. The second-order valence-electron chi connectivity index (χ2n) is 5.31. The van der Waals surface area contributed by atoms with E-state index >= 15 is 0 Å². The first-order chi connectivity index (χ1) is 9.82. The minimum atomic E-state index is -3.45. The van der Waals surface area contributed by atoms with Gasteiger partial charge in [0, 0.05) is 13.0 Å². The van der Waals surface area contributed by atoms with Gasteiger partial charge < -0.3 is 9.47 Å². The van der Waals surface area contributed by atoms with E-state index in [2.05, 4.69) is 9.46 Å². The molecule has 1 rings (SSSR count). The SMILES string of the molecule is CCOC(=O)CCCNS(=O)(=O)CC1(CC(=O)OC)CC1. The number of carbonyl (C=O) groups is 2. The van der Waals surface area contributed by atoms with Crippen LogP contribution in [0.25, 0.3) is 0 Å². The molecular weight excluding hydrogens is 298 g/mol. The molecule has 8 heteroatoms. The van der Waals surface area contributed by atoms with Gasteiger partial charge in [0.2, 0.25) is 10.0 Å². The fraction of sp³-hybridized carbons (Fsp3) is 0.846. The molecule has 1 fully saturated rings. The Hall–Kier alpha value is -1.15. The Bertz CT molecular complexity index is 469. The van der Waals surface area contributed by atoms with Crippen LogP contribution in [0.15, 0.2) is 0 Å². The topological polar surface area (TPSA) is 98.8 Å². The Kier molecular flexibility index (Phi) is 6.60. The van der Waals surface area contributed by atoms with E-state index in [4.69, 9.17) is 4.74 Å². The number of esters is 2. The fourth-order valence-corrected chi connectivity index (χ4v) is 3.83. The molecule has 7 nitrogen and oxygen atoms in total. The zero-order valence-corrected chi connectivity index (χ0v) is 13.3. The van der Waals surface area contributed by atoms with Gasteiger partial charge in [-0.15, -0.1) is 0 Å². The van der Waals surface area contributed by atoms with Crippen molar-refractivity contribution in [2.45, 2.75) is 39.0 Å². The Morgan fingerprint density at radius 1 is 1.24 bits per heavy atom. The van der Waals surface area contributed by atoms with E-state index in [0.29, 0.717) is 25.9 Å². The van der Waals surface area contributed by atoms with Crippen LogP contribution in [0.1, 0.15) is 39.0 Å². The Morgan fingerprint density at radius 2 is 1.90 bits per heavy atom. The van der Waals surface area contributed by atoms with Crippen LogP contribution in [0, 0.1) is 5.41 Å². The summed E-state index contributed by atoms with van der Waals surface area (Å²) in [7, 11) is -2.16. The molecule has 0 unspecified atom stereocenters. The first-order valence-corrected chi connectivity index (χ1v) is 8.67. The van der Waals surface area contributed by atoms with Crippen molar-refractivity contribution in [3.63, 3.8) is 0 Å². The molecule has 0 saturated heterocycles. The van der Waals surface area contributed by atoms with E-state index in [9.17, 15) is 18.0 Å². The molecule has 122 valence electrons. The molecule has 0 heterocycles. The van der Waals surface area contributed by atoms with E-state index < -0.39 is 15.4 Å². The molecule has 0 spiro atoms. The van der Waals surface area contributed by atoms with Crippen molar-refractivity contribution in [2.24, 2.45) is 5.41 Å². The van der Waals surface area contributed by atoms with Crippen molar-refractivity contribution in [3.8, 4) is 0 Å². The van der Waals surface area contributed by atoms with Crippen LogP contribution in [0.3, 0.4) is 0 Å². The summed E-state index contributed by atoms with van der Waals surface area (Å²) in [5.41, 5.74) is -0.472. The van der Waals surface area contributed by atoms with Crippen molar-refractivity contribution in [2.75, 3.05) is 26.0 Å². The van der Waals surface area contributed by atoms with Crippen molar-refractivity contribution >= 4 is 22.0 Å². The van der Waals surface area contributed by atoms with Crippen LogP contribution >= 0.6 is 0 Å². The maximum atomic E-state index is 11.9. The third-order valence-electron chi connectivity index (χ3n) is 3.39. The van der Waals surface area contributed by atoms with Gasteiger partial charge in [0.15, 0.2) is 0 Å². The minimum absolute atomic E-state index is 0.0749. The summed E-state index contributed by atoms with van der Waals surface area (Å²) in [6.07, 6.45) is 2.14. The van der Waals surface area contributed by atoms with Gasteiger partial charge in [-0.25, -0.2) is 13.1 Å². The van der Waals surface area contributed by atoms with Gasteiger partial charge in [-0.3, -0.25) is 9.59 Å². The third kappa shape index (κ3) is 6.90. The maximum Gasteiger partial charge on any atom is 0.306 e. The van der Waals surface area contributed by atoms with E-state index in [1.165, 1.54) is 7.11 Å². The number of rotatable bonds is 10. The average Bonchev–Trinajstić information content (AvgIpc) is 3.13. The highest BCUT2D eigenvalue weighted by Crippen LogP contribution is 2.49. The van der Waals surface area contributed by atoms with Gasteiger partial charge in [-0.1, -0.05) is 0 Å². The number of hydrogen-bond donors (Lipinski definition) is 1. The molecule has 0 amide bonds. The Labute approximate surface area is 125 Å². The summed E-state index contributed by atoms with van der Waals surface area (Å²) in [5, 5.41) is 0. The predicted octanol–water partition coefficient (Wildman–Crippen LogP) is 0.592. The van der Waals surface area contributed by atoms with Crippen molar-refractivity contribution in [1.29, 1.82) is 0 Å². The van der Waals surface area contributed by atoms with Gasteiger partial charge in [0.05, 0.1) is 25.9 Å². The standard InChI is InChI=1S/C13H23NO6S/c1-3-20-11(15)5-4-8-14-21(17,18)10-13(6-7-13)9-12(16)19-2/h14H,3-10H2,1-2H3. The summed E-state index contributed by atoms with van der Waals surface area (Å²) in [6, 6.07) is 0. The van der Waals surface area contributed by atoms with Crippen molar-refractivity contribution < 1.29 is 27.5 Å². The smallest absolute Gasteiger partial charge is 0.306 e. The van der Waals surface area contributed by atoms with Gasteiger partial charge in [0.25, 0.3) is 0 Å². The molecule has 1 aliphatic rings. The normalized spacial score (nSPS) is 16.3. The molecule has 0 radical (unpaired) electrons. The van der Waals surface area contributed by atoms with Crippen LogP contribution < -0.4 is 4.72 Å². The van der Waals surface area contributed by atoms with E-state index in [1.807, 2.05) is 0 Å². The summed E-state index contributed by atoms with van der Waals surface area (Å²) in [6.45, 7) is 2.23. The number of carbonyl (C=O) groups excluding carboxylic acids is 2. The zero-order valence-electron chi connectivity index (χ0n) is 12.5. The number of hydrogen-bond acceptors (Lipinski definition) is 6. The second kappa shape index (κ2) is 7.74. The summed E-state index contributed by atoms with van der Waals surface area (Å²) in [5.74, 6) is -0.792. The lowest BCUT2D eigenvalue weighted by Crippen LogP contribution is -2.32. The summed E-state index contributed by atoms with van der Waals surface area (Å²) in [4.78, 5) is 22.4. The number of sulfonamides is 1. The largest absolute Gasteiger partial charge is 0.469 e. The van der Waals surface area contributed by atoms with Gasteiger partial charge in [-0.05, 0) is 31.6 Å². The maximum absolute atomic E-state index is 11.9. The highest BCUT2D eigenvalue weighted by atomic mass is 32.2. The molecule has 0 atom stereocenters. The lowest BCUT2D eigenvalue weighted by Gasteiger charge is -2.14. The number of methoxy groups -OCH3 is 1.